The highest BCUT2D eigenvalue weighted by Gasteiger charge is 1.94. The maximum absolute atomic E-state index is 9.93. The zero-order valence-corrected chi connectivity index (χ0v) is 10.6. The van der Waals surface area contributed by atoms with Crippen molar-refractivity contribution in [1.29, 1.82) is 0 Å². The summed E-state index contributed by atoms with van der Waals surface area (Å²) in [7, 11) is 0. The summed E-state index contributed by atoms with van der Waals surface area (Å²) in [5.41, 5.74) is 5.20. The van der Waals surface area contributed by atoms with Crippen molar-refractivity contribution >= 4 is 18.2 Å². The molecule has 0 rings (SSSR count). The summed E-state index contributed by atoms with van der Waals surface area (Å²) in [6, 6.07) is 0. The van der Waals surface area contributed by atoms with Gasteiger partial charge in [0.2, 0.25) is 0 Å². The van der Waals surface area contributed by atoms with E-state index < -0.39 is 11.9 Å². The van der Waals surface area contributed by atoms with E-state index in [9.17, 15) is 14.4 Å². The molecular formula is C12H23NO5. The molecule has 0 saturated carbocycles. The van der Waals surface area contributed by atoms with Gasteiger partial charge >= 0.3 is 11.9 Å². The lowest BCUT2D eigenvalue weighted by Crippen LogP contribution is -1.99. The Hall–Kier alpha value is -1.43. The van der Waals surface area contributed by atoms with Crippen molar-refractivity contribution in [3.63, 3.8) is 0 Å². The van der Waals surface area contributed by atoms with E-state index in [1.807, 2.05) is 0 Å². The lowest BCUT2D eigenvalue weighted by molar-refractivity contribution is -0.138. The Bertz CT molecular complexity index is 231. The van der Waals surface area contributed by atoms with E-state index >= 15 is 0 Å². The lowest BCUT2D eigenvalue weighted by Gasteiger charge is -1.93. The van der Waals surface area contributed by atoms with Crippen LogP contribution in [-0.4, -0.2) is 35.0 Å². The summed E-state index contributed by atoms with van der Waals surface area (Å²) in [4.78, 5) is 29.5. The summed E-state index contributed by atoms with van der Waals surface area (Å²) >= 11 is 0. The van der Waals surface area contributed by atoms with Crippen LogP contribution in [0.1, 0.15) is 51.4 Å². The third-order valence-electron chi connectivity index (χ3n) is 2.06. The van der Waals surface area contributed by atoms with Crippen LogP contribution in [0.4, 0.5) is 0 Å². The highest BCUT2D eigenvalue weighted by atomic mass is 16.4. The molecule has 6 heteroatoms. The first kappa shape index (κ1) is 18.9. The molecule has 0 aliphatic rings. The van der Waals surface area contributed by atoms with E-state index in [-0.39, 0.29) is 12.8 Å². The van der Waals surface area contributed by atoms with Crippen LogP contribution >= 0.6 is 0 Å². The van der Waals surface area contributed by atoms with Gasteiger partial charge in [0.15, 0.2) is 0 Å². The van der Waals surface area contributed by atoms with Crippen molar-refractivity contribution in [2.45, 2.75) is 51.4 Å². The molecule has 0 unspecified atom stereocenters. The first-order chi connectivity index (χ1) is 8.54. The second-order valence-electron chi connectivity index (χ2n) is 3.80. The second kappa shape index (κ2) is 15.6. The SMILES string of the molecule is NCCCCCC(=O)O.O=CCCCCC(=O)O. The van der Waals surface area contributed by atoms with E-state index in [1.165, 1.54) is 0 Å². The minimum Gasteiger partial charge on any atom is -0.481 e. The molecule has 0 atom stereocenters. The van der Waals surface area contributed by atoms with Crippen molar-refractivity contribution in [3.8, 4) is 0 Å². The van der Waals surface area contributed by atoms with E-state index in [2.05, 4.69) is 0 Å². The molecule has 6 nitrogen and oxygen atoms in total. The van der Waals surface area contributed by atoms with Gasteiger partial charge in [-0.25, -0.2) is 0 Å². The average Bonchev–Trinajstić information content (AvgIpc) is 2.31. The number of rotatable bonds is 10. The van der Waals surface area contributed by atoms with Gasteiger partial charge in [0.1, 0.15) is 6.29 Å². The van der Waals surface area contributed by atoms with Crippen molar-refractivity contribution in [2.75, 3.05) is 6.54 Å². The number of hydrogen-bond donors (Lipinski definition) is 3. The number of aldehydes is 1. The van der Waals surface area contributed by atoms with Gasteiger partial charge in [0.05, 0.1) is 0 Å². The average molecular weight is 261 g/mol. The van der Waals surface area contributed by atoms with E-state index in [0.717, 1.165) is 25.5 Å². The Morgan fingerprint density at radius 1 is 0.889 bits per heavy atom. The highest BCUT2D eigenvalue weighted by Crippen LogP contribution is 1.97. The molecule has 4 N–H and O–H groups in total. The first-order valence-electron chi connectivity index (χ1n) is 6.11. The van der Waals surface area contributed by atoms with Gasteiger partial charge in [-0.1, -0.05) is 6.42 Å². The zero-order chi connectivity index (χ0) is 14.2. The van der Waals surface area contributed by atoms with E-state index in [1.54, 1.807) is 0 Å². The van der Waals surface area contributed by atoms with Gasteiger partial charge in [-0.2, -0.15) is 0 Å². The maximum Gasteiger partial charge on any atom is 0.303 e. The Labute approximate surface area is 107 Å². The summed E-state index contributed by atoms with van der Waals surface area (Å²) in [5, 5.41) is 16.3. The van der Waals surface area contributed by atoms with Crippen molar-refractivity contribution in [1.82, 2.24) is 0 Å². The minimum absolute atomic E-state index is 0.174. The molecular weight excluding hydrogens is 238 g/mol. The van der Waals surface area contributed by atoms with Crippen LogP contribution in [0.5, 0.6) is 0 Å². The number of aliphatic carboxylic acids is 2. The number of nitrogens with two attached hydrogens (primary N) is 1. The molecule has 0 fully saturated rings. The molecule has 0 aromatic carbocycles. The predicted octanol–water partition coefficient (Wildman–Crippen LogP) is 1.42. The number of carboxylic acids is 2. The number of carbonyl (C=O) groups excluding carboxylic acids is 1. The van der Waals surface area contributed by atoms with Crippen LogP contribution in [-0.2, 0) is 14.4 Å². The highest BCUT2D eigenvalue weighted by molar-refractivity contribution is 5.66. The van der Waals surface area contributed by atoms with Crippen molar-refractivity contribution in [2.24, 2.45) is 5.73 Å². The fraction of sp³-hybridized carbons (Fsp3) is 0.750. The molecule has 0 aliphatic carbocycles. The molecule has 18 heavy (non-hydrogen) atoms. The standard InChI is InChI=1S/C6H13NO2.C6H10O3/c2*7-5-3-1-2-4-6(8)9/h1-5,7H2,(H,8,9);5H,1-4H2,(H,8,9). The third kappa shape index (κ3) is 24.0. The van der Waals surface area contributed by atoms with Crippen molar-refractivity contribution < 1.29 is 24.6 Å². The Balaban J connectivity index is 0. The van der Waals surface area contributed by atoms with Crippen LogP contribution in [0.3, 0.4) is 0 Å². The predicted molar refractivity (Wildman–Crippen MR) is 67.3 cm³/mol. The first-order valence-corrected chi connectivity index (χ1v) is 6.11. The molecule has 0 amide bonds. The number of carbonyl (C=O) groups is 3. The number of hydrogen-bond acceptors (Lipinski definition) is 4. The van der Waals surface area contributed by atoms with Gasteiger partial charge in [-0.15, -0.1) is 0 Å². The molecule has 0 radical (unpaired) electrons. The summed E-state index contributed by atoms with van der Waals surface area (Å²) in [6.07, 6.45) is 5.66. The normalized spacial score (nSPS) is 9.17. The number of carboxylic acid groups (broad SMARTS) is 2. The minimum atomic E-state index is -0.791. The number of unbranched alkanes of at least 4 members (excludes halogenated alkanes) is 4. The Kier molecular flexibility index (Phi) is 16.4. The molecule has 0 heterocycles. The van der Waals surface area contributed by atoms with Gasteiger partial charge in [0, 0.05) is 19.3 Å². The zero-order valence-electron chi connectivity index (χ0n) is 10.6. The van der Waals surface area contributed by atoms with Crippen LogP contribution in [0, 0.1) is 0 Å². The lowest BCUT2D eigenvalue weighted by atomic mass is 10.2. The van der Waals surface area contributed by atoms with Crippen LogP contribution < -0.4 is 5.73 Å². The van der Waals surface area contributed by atoms with Gasteiger partial charge in [-0.05, 0) is 32.2 Å². The molecule has 0 aliphatic heterocycles. The van der Waals surface area contributed by atoms with Gasteiger partial charge < -0.3 is 20.7 Å². The van der Waals surface area contributed by atoms with Gasteiger partial charge in [0.25, 0.3) is 0 Å². The quantitative estimate of drug-likeness (QED) is 0.404. The summed E-state index contributed by atoms with van der Waals surface area (Å²) < 4.78 is 0. The third-order valence-corrected chi connectivity index (χ3v) is 2.06. The smallest absolute Gasteiger partial charge is 0.303 e. The summed E-state index contributed by atoms with van der Waals surface area (Å²) in [6.45, 7) is 0.666. The van der Waals surface area contributed by atoms with E-state index in [0.29, 0.717) is 25.8 Å². The summed E-state index contributed by atoms with van der Waals surface area (Å²) in [5.74, 6) is -1.51. The topological polar surface area (TPSA) is 118 Å². The van der Waals surface area contributed by atoms with Crippen LogP contribution in [0.25, 0.3) is 0 Å². The molecule has 0 aromatic heterocycles. The molecule has 0 aromatic rings. The Morgan fingerprint density at radius 2 is 1.39 bits per heavy atom. The van der Waals surface area contributed by atoms with Crippen LogP contribution in [0.2, 0.25) is 0 Å². The second-order valence-corrected chi connectivity index (χ2v) is 3.80. The monoisotopic (exact) mass is 261 g/mol. The Morgan fingerprint density at radius 3 is 1.78 bits per heavy atom. The maximum atomic E-state index is 9.93. The van der Waals surface area contributed by atoms with E-state index in [4.69, 9.17) is 15.9 Å². The van der Waals surface area contributed by atoms with Crippen molar-refractivity contribution in [3.05, 3.63) is 0 Å². The fourth-order valence-electron chi connectivity index (χ4n) is 1.10. The largest absolute Gasteiger partial charge is 0.481 e. The molecule has 0 bridgehead atoms. The van der Waals surface area contributed by atoms with Gasteiger partial charge in [-0.3, -0.25) is 9.59 Å². The van der Waals surface area contributed by atoms with Crippen LogP contribution in [0.15, 0.2) is 0 Å². The molecule has 0 saturated heterocycles. The fourth-order valence-corrected chi connectivity index (χ4v) is 1.10. The molecule has 0 spiro atoms. The molecule has 106 valence electrons.